The Morgan fingerprint density at radius 2 is 1.87 bits per heavy atom. The fraction of sp³-hybridized carbons (Fsp3) is 0.750. The third-order valence-corrected chi connectivity index (χ3v) is 8.45. The number of benzene rings is 1. The Morgan fingerprint density at radius 3 is 2.45 bits per heavy atom. The summed E-state index contributed by atoms with van der Waals surface area (Å²) in [6.07, 6.45) is 9.34. The minimum Gasteiger partial charge on any atom is -0.506 e. The van der Waals surface area contributed by atoms with Gasteiger partial charge in [-0.05, 0) is 69.6 Å². The van der Waals surface area contributed by atoms with Crippen molar-refractivity contribution in [3.63, 3.8) is 0 Å². The average molecular weight is 453 g/mol. The number of rotatable bonds is 8. The Labute approximate surface area is 188 Å². The number of piperidine rings is 1. The number of phenols is 1. The maximum Gasteiger partial charge on any atom is 0.175 e. The molecule has 0 aromatic heterocycles. The van der Waals surface area contributed by atoms with Gasteiger partial charge in [0.05, 0.1) is 16.7 Å². The van der Waals surface area contributed by atoms with E-state index in [2.05, 4.69) is 31.0 Å². The third-order valence-electron chi connectivity index (χ3n) is 7.34. The number of nitrogens with zero attached hydrogens (tertiary/aromatic N) is 1. The molecule has 1 aromatic rings. The maximum atomic E-state index is 11.8. The lowest BCUT2D eigenvalue weighted by molar-refractivity contribution is -0.0365. The number of hydrogen-bond donors (Lipinski definition) is 2. The van der Waals surface area contributed by atoms with E-state index in [9.17, 15) is 13.5 Å². The van der Waals surface area contributed by atoms with Crippen LogP contribution < -0.4 is 5.32 Å². The molecule has 176 valence electrons. The number of phenolic OH excluding ortho intramolecular Hbond substituents is 1. The van der Waals surface area contributed by atoms with Crippen molar-refractivity contribution in [3.8, 4) is 5.75 Å². The zero-order valence-corrected chi connectivity index (χ0v) is 20.4. The van der Waals surface area contributed by atoms with Crippen LogP contribution in [0.1, 0.15) is 65.7 Å². The zero-order chi connectivity index (χ0) is 22.6. The predicted octanol–water partition coefficient (Wildman–Crippen LogP) is 4.44. The van der Waals surface area contributed by atoms with E-state index in [0.717, 1.165) is 45.4 Å². The first-order valence-corrected chi connectivity index (χ1v) is 13.7. The summed E-state index contributed by atoms with van der Waals surface area (Å²) in [5.41, 5.74) is 0.742. The van der Waals surface area contributed by atoms with Gasteiger partial charge in [0.2, 0.25) is 0 Å². The second-order valence-corrected chi connectivity index (χ2v) is 11.9. The van der Waals surface area contributed by atoms with Crippen molar-refractivity contribution in [2.24, 2.45) is 5.92 Å². The largest absolute Gasteiger partial charge is 0.506 e. The molecule has 1 aliphatic carbocycles. The monoisotopic (exact) mass is 452 g/mol. The molecule has 0 bridgehead atoms. The standard InChI is InChI=1S/C24H40N2O4S/c1-5-18(2)17-30-20-8-12-24(3,13-9-20)26-14-10-19(11-15-26)25-22-16-21(31(4,28)29)6-7-23(22)27/h6-7,16,18-20,25,27H,5,8-15,17H2,1-4H3/t18?,20-,24-. The SMILES string of the molecule is CCC(C)CO[C@H]1CC[C@](C)(N2CCC(Nc3cc(S(C)(=O)=O)ccc3O)CC2)CC1. The first kappa shape index (κ1) is 24.3. The van der Waals surface area contributed by atoms with Gasteiger partial charge in [-0.25, -0.2) is 8.42 Å². The second kappa shape index (κ2) is 10.1. The number of nitrogens with one attached hydrogen (secondary N) is 1. The van der Waals surface area contributed by atoms with Gasteiger partial charge in [0.25, 0.3) is 0 Å². The molecule has 1 aliphatic heterocycles. The van der Waals surface area contributed by atoms with Crippen molar-refractivity contribution in [3.05, 3.63) is 18.2 Å². The average Bonchev–Trinajstić information content (AvgIpc) is 2.74. The van der Waals surface area contributed by atoms with Crippen LogP contribution in [0.4, 0.5) is 5.69 Å². The van der Waals surface area contributed by atoms with Crippen molar-refractivity contribution in [2.75, 3.05) is 31.3 Å². The Morgan fingerprint density at radius 1 is 1.23 bits per heavy atom. The quantitative estimate of drug-likeness (QED) is 0.568. The number of anilines is 1. The highest BCUT2D eigenvalue weighted by molar-refractivity contribution is 7.90. The molecule has 1 atom stereocenters. The Hall–Kier alpha value is -1.31. The van der Waals surface area contributed by atoms with Crippen LogP contribution in [0.2, 0.25) is 0 Å². The first-order chi connectivity index (χ1) is 14.6. The number of aromatic hydroxyl groups is 1. The molecular weight excluding hydrogens is 412 g/mol. The van der Waals surface area contributed by atoms with Crippen LogP contribution in [-0.4, -0.2) is 62.1 Å². The van der Waals surface area contributed by atoms with Gasteiger partial charge in [-0.1, -0.05) is 20.3 Å². The van der Waals surface area contributed by atoms with Crippen LogP contribution in [-0.2, 0) is 14.6 Å². The summed E-state index contributed by atoms with van der Waals surface area (Å²) in [4.78, 5) is 2.85. The van der Waals surface area contributed by atoms with E-state index in [1.54, 1.807) is 6.07 Å². The maximum absolute atomic E-state index is 11.8. The van der Waals surface area contributed by atoms with E-state index in [4.69, 9.17) is 4.74 Å². The molecule has 0 radical (unpaired) electrons. The predicted molar refractivity (Wildman–Crippen MR) is 126 cm³/mol. The summed E-state index contributed by atoms with van der Waals surface area (Å²) < 4.78 is 29.8. The van der Waals surface area contributed by atoms with Gasteiger partial charge in [-0.3, -0.25) is 4.90 Å². The topological polar surface area (TPSA) is 78.9 Å². The molecule has 1 heterocycles. The van der Waals surface area contributed by atoms with Crippen molar-refractivity contribution >= 4 is 15.5 Å². The van der Waals surface area contributed by atoms with E-state index in [0.29, 0.717) is 17.7 Å². The summed E-state index contributed by atoms with van der Waals surface area (Å²) in [7, 11) is -3.30. The van der Waals surface area contributed by atoms with E-state index in [-0.39, 0.29) is 22.2 Å². The number of likely N-dealkylation sites (tertiary alicyclic amines) is 1. The molecule has 31 heavy (non-hydrogen) atoms. The smallest absolute Gasteiger partial charge is 0.175 e. The van der Waals surface area contributed by atoms with Gasteiger partial charge in [-0.2, -0.15) is 0 Å². The van der Waals surface area contributed by atoms with Crippen LogP contribution in [0.3, 0.4) is 0 Å². The van der Waals surface area contributed by atoms with Gasteiger partial charge in [0.15, 0.2) is 9.84 Å². The van der Waals surface area contributed by atoms with Crippen LogP contribution >= 0.6 is 0 Å². The lowest BCUT2D eigenvalue weighted by Crippen LogP contribution is -2.53. The van der Waals surface area contributed by atoms with E-state index < -0.39 is 9.84 Å². The highest BCUT2D eigenvalue weighted by Gasteiger charge is 2.38. The Kier molecular flexibility index (Phi) is 7.92. The van der Waals surface area contributed by atoms with Gasteiger partial charge in [-0.15, -0.1) is 0 Å². The van der Waals surface area contributed by atoms with Gasteiger partial charge in [0, 0.05) is 37.5 Å². The fourth-order valence-electron chi connectivity index (χ4n) is 4.76. The summed E-state index contributed by atoms with van der Waals surface area (Å²) in [5, 5.41) is 13.5. The molecule has 7 heteroatoms. The lowest BCUT2D eigenvalue weighted by Gasteiger charge is -2.48. The minimum atomic E-state index is -3.30. The molecule has 1 saturated heterocycles. The van der Waals surface area contributed by atoms with Crippen molar-refractivity contribution in [1.29, 1.82) is 0 Å². The molecule has 2 fully saturated rings. The first-order valence-electron chi connectivity index (χ1n) is 11.8. The molecule has 2 N–H and O–H groups in total. The molecule has 1 saturated carbocycles. The van der Waals surface area contributed by atoms with Crippen molar-refractivity contribution in [1.82, 2.24) is 4.90 Å². The summed E-state index contributed by atoms with van der Waals surface area (Å²) in [5.74, 6) is 0.731. The highest BCUT2D eigenvalue weighted by atomic mass is 32.2. The fourth-order valence-corrected chi connectivity index (χ4v) is 5.41. The Balaban J connectivity index is 1.50. The second-order valence-electron chi connectivity index (χ2n) is 9.90. The van der Waals surface area contributed by atoms with Crippen molar-refractivity contribution < 1.29 is 18.3 Å². The van der Waals surface area contributed by atoms with Gasteiger partial charge in [0.1, 0.15) is 5.75 Å². The van der Waals surface area contributed by atoms with Gasteiger partial charge >= 0.3 is 0 Å². The molecule has 3 rings (SSSR count). The number of sulfone groups is 1. The third kappa shape index (κ3) is 6.36. The highest BCUT2D eigenvalue weighted by Crippen LogP contribution is 2.37. The molecule has 0 spiro atoms. The Bertz CT molecular complexity index is 826. The van der Waals surface area contributed by atoms with E-state index in [1.165, 1.54) is 37.7 Å². The zero-order valence-electron chi connectivity index (χ0n) is 19.6. The molecule has 6 nitrogen and oxygen atoms in total. The molecule has 2 aliphatic rings. The lowest BCUT2D eigenvalue weighted by atomic mass is 9.79. The van der Waals surface area contributed by atoms with E-state index >= 15 is 0 Å². The normalized spacial score (nSPS) is 27.2. The summed E-state index contributed by atoms with van der Waals surface area (Å²) in [6.45, 7) is 9.77. The number of ether oxygens (including phenoxy) is 1. The summed E-state index contributed by atoms with van der Waals surface area (Å²) in [6, 6.07) is 4.67. The van der Waals surface area contributed by atoms with Gasteiger partial charge < -0.3 is 15.2 Å². The molecule has 1 unspecified atom stereocenters. The summed E-state index contributed by atoms with van der Waals surface area (Å²) >= 11 is 0. The van der Waals surface area contributed by atoms with Crippen LogP contribution in [0.5, 0.6) is 5.75 Å². The number of hydrogen-bond acceptors (Lipinski definition) is 6. The van der Waals surface area contributed by atoms with Crippen LogP contribution in [0, 0.1) is 5.92 Å². The molecule has 0 amide bonds. The van der Waals surface area contributed by atoms with E-state index in [1.807, 2.05) is 0 Å². The minimum absolute atomic E-state index is 0.0949. The van der Waals surface area contributed by atoms with Crippen LogP contribution in [0.25, 0.3) is 0 Å². The van der Waals surface area contributed by atoms with Crippen molar-refractivity contribution in [2.45, 2.75) is 88.3 Å². The molecule has 1 aromatic carbocycles. The van der Waals surface area contributed by atoms with Crippen LogP contribution in [0.15, 0.2) is 23.1 Å². The molecular formula is C24H40N2O4S.